The summed E-state index contributed by atoms with van der Waals surface area (Å²) >= 11 is 6.26. The summed E-state index contributed by atoms with van der Waals surface area (Å²) in [7, 11) is 0. The first-order valence-corrected chi connectivity index (χ1v) is 7.66. The monoisotopic (exact) mass is 295 g/mol. The van der Waals surface area contributed by atoms with E-state index in [4.69, 9.17) is 11.6 Å². The predicted octanol–water partition coefficient (Wildman–Crippen LogP) is 4.03. The van der Waals surface area contributed by atoms with Crippen LogP contribution in [0.5, 0.6) is 0 Å². The van der Waals surface area contributed by atoms with E-state index in [-0.39, 0.29) is 6.42 Å². The van der Waals surface area contributed by atoms with Gasteiger partial charge in [0.2, 0.25) is 0 Å². The van der Waals surface area contributed by atoms with Crippen LogP contribution >= 0.6 is 11.6 Å². The van der Waals surface area contributed by atoms with Crippen LogP contribution < -0.4 is 5.54 Å². The second-order valence-corrected chi connectivity index (χ2v) is 6.63. The number of carbonyl (C=O) groups excluding carboxylic acids is 1. The highest BCUT2D eigenvalue weighted by Gasteiger charge is 2.46. The average Bonchev–Trinajstić information content (AvgIpc) is 3.02. The number of benzene rings is 1. The maximum Gasteiger partial charge on any atom is 0.252 e. The molecule has 3 rings (SSSR count). The molecule has 2 aliphatic rings. The molecule has 0 radical (unpaired) electrons. The van der Waals surface area contributed by atoms with Crippen molar-refractivity contribution >= 4 is 17.5 Å². The minimum absolute atomic E-state index is 0.0200. The summed E-state index contributed by atoms with van der Waals surface area (Å²) in [4.78, 5) is 11.4. The van der Waals surface area contributed by atoms with Crippen molar-refractivity contribution in [3.05, 3.63) is 34.3 Å². The molecule has 0 heterocycles. The lowest BCUT2D eigenvalue weighted by Gasteiger charge is -2.30. The van der Waals surface area contributed by atoms with Crippen molar-refractivity contribution in [1.29, 1.82) is 0 Å². The van der Waals surface area contributed by atoms with Crippen molar-refractivity contribution in [3.8, 4) is 0 Å². The molecule has 0 aliphatic heterocycles. The SMILES string of the molecule is CC1C2CCC(C2)C1c1cccc(Cl)c1CC(=O)NF. The highest BCUT2D eigenvalue weighted by atomic mass is 35.5. The summed E-state index contributed by atoms with van der Waals surface area (Å²) < 4.78 is 12.3. The number of carbonyl (C=O) groups is 1. The molecule has 2 nitrogen and oxygen atoms in total. The molecule has 1 amide bonds. The highest BCUT2D eigenvalue weighted by molar-refractivity contribution is 6.31. The van der Waals surface area contributed by atoms with Gasteiger partial charge in [-0.05, 0) is 60.1 Å². The lowest BCUT2D eigenvalue weighted by atomic mass is 9.75. The lowest BCUT2D eigenvalue weighted by Crippen LogP contribution is -2.22. The normalized spacial score (nSPS) is 31.6. The molecule has 2 aliphatic carbocycles. The number of fused-ring (bicyclic) bond motifs is 2. The standard InChI is InChI=1S/C16H19ClFNO/c1-9-10-5-6-11(7-10)16(9)12-3-2-4-14(17)13(12)8-15(20)19-18/h2-4,9-11,16H,5-8H2,1H3,(H,19,20). The van der Waals surface area contributed by atoms with Crippen molar-refractivity contribution in [2.24, 2.45) is 17.8 Å². The number of nitrogens with one attached hydrogen (secondary N) is 1. The molecule has 2 saturated carbocycles. The van der Waals surface area contributed by atoms with Crippen molar-refractivity contribution in [2.75, 3.05) is 0 Å². The Kier molecular flexibility index (Phi) is 3.72. The molecule has 0 aromatic heterocycles. The fraction of sp³-hybridized carbons (Fsp3) is 0.562. The van der Waals surface area contributed by atoms with Gasteiger partial charge in [0.25, 0.3) is 5.91 Å². The molecule has 2 fully saturated rings. The van der Waals surface area contributed by atoms with Crippen LogP contribution in [0.2, 0.25) is 5.02 Å². The second-order valence-electron chi connectivity index (χ2n) is 6.22. The first-order chi connectivity index (χ1) is 9.61. The molecule has 1 aromatic carbocycles. The Morgan fingerprint density at radius 3 is 2.80 bits per heavy atom. The third-order valence-electron chi connectivity index (χ3n) is 5.29. The summed E-state index contributed by atoms with van der Waals surface area (Å²) in [6.07, 6.45) is 3.89. The zero-order chi connectivity index (χ0) is 14.3. The molecule has 20 heavy (non-hydrogen) atoms. The van der Waals surface area contributed by atoms with Crippen LogP contribution in [-0.2, 0) is 11.2 Å². The van der Waals surface area contributed by atoms with Crippen molar-refractivity contribution < 1.29 is 9.28 Å². The van der Waals surface area contributed by atoms with Gasteiger partial charge in [0.15, 0.2) is 0 Å². The quantitative estimate of drug-likeness (QED) is 0.838. The molecule has 4 atom stereocenters. The van der Waals surface area contributed by atoms with Gasteiger partial charge < -0.3 is 0 Å². The third kappa shape index (κ3) is 2.22. The minimum Gasteiger partial charge on any atom is -0.272 e. The average molecular weight is 296 g/mol. The van der Waals surface area contributed by atoms with E-state index in [0.29, 0.717) is 22.8 Å². The zero-order valence-corrected chi connectivity index (χ0v) is 12.3. The lowest BCUT2D eigenvalue weighted by molar-refractivity contribution is -0.124. The highest BCUT2D eigenvalue weighted by Crippen LogP contribution is 2.57. The Bertz CT molecular complexity index is 531. The van der Waals surface area contributed by atoms with Crippen molar-refractivity contribution in [2.45, 2.75) is 38.5 Å². The maximum absolute atomic E-state index is 12.3. The Hall–Kier alpha value is -1.09. The number of rotatable bonds is 3. The van der Waals surface area contributed by atoms with Crippen LogP contribution in [0.15, 0.2) is 18.2 Å². The Morgan fingerprint density at radius 2 is 2.15 bits per heavy atom. The van der Waals surface area contributed by atoms with E-state index in [9.17, 15) is 9.28 Å². The Labute approximate surface area is 123 Å². The molecule has 4 unspecified atom stereocenters. The number of hydrogen-bond acceptors (Lipinski definition) is 1. The van der Waals surface area contributed by atoms with E-state index < -0.39 is 5.91 Å². The molecule has 1 aromatic rings. The van der Waals surface area contributed by atoms with Gasteiger partial charge >= 0.3 is 0 Å². The van der Waals surface area contributed by atoms with Crippen LogP contribution in [0.4, 0.5) is 4.48 Å². The first-order valence-electron chi connectivity index (χ1n) is 7.28. The van der Waals surface area contributed by atoms with Gasteiger partial charge in [-0.15, -0.1) is 4.48 Å². The number of halogens is 2. The fourth-order valence-electron chi connectivity index (χ4n) is 4.38. The van der Waals surface area contributed by atoms with E-state index in [0.717, 1.165) is 17.0 Å². The van der Waals surface area contributed by atoms with Crippen LogP contribution in [0.1, 0.15) is 43.2 Å². The van der Waals surface area contributed by atoms with Crippen molar-refractivity contribution in [3.63, 3.8) is 0 Å². The number of hydrogen-bond donors (Lipinski definition) is 1. The zero-order valence-electron chi connectivity index (χ0n) is 11.5. The molecule has 108 valence electrons. The van der Waals surface area contributed by atoms with Gasteiger partial charge in [-0.1, -0.05) is 30.7 Å². The van der Waals surface area contributed by atoms with E-state index in [2.05, 4.69) is 13.0 Å². The van der Waals surface area contributed by atoms with Gasteiger partial charge in [-0.25, -0.2) is 0 Å². The van der Waals surface area contributed by atoms with E-state index >= 15 is 0 Å². The fourth-order valence-corrected chi connectivity index (χ4v) is 4.63. The van der Waals surface area contributed by atoms with Crippen LogP contribution in [0, 0.1) is 17.8 Å². The van der Waals surface area contributed by atoms with Gasteiger partial charge in [0.05, 0.1) is 6.42 Å². The molecular formula is C16H19ClFNO. The molecular weight excluding hydrogens is 277 g/mol. The summed E-state index contributed by atoms with van der Waals surface area (Å²) in [6.45, 7) is 2.30. The topological polar surface area (TPSA) is 29.1 Å². The Morgan fingerprint density at radius 1 is 1.40 bits per heavy atom. The molecule has 0 saturated heterocycles. The third-order valence-corrected chi connectivity index (χ3v) is 5.64. The van der Waals surface area contributed by atoms with E-state index in [1.807, 2.05) is 6.07 Å². The molecule has 4 heteroatoms. The number of amides is 1. The van der Waals surface area contributed by atoms with Gasteiger partial charge in [0, 0.05) is 5.02 Å². The second kappa shape index (κ2) is 5.36. The van der Waals surface area contributed by atoms with Gasteiger partial charge in [-0.3, -0.25) is 4.79 Å². The predicted molar refractivity (Wildman–Crippen MR) is 77.1 cm³/mol. The molecule has 2 bridgehead atoms. The van der Waals surface area contributed by atoms with Crippen LogP contribution in [-0.4, -0.2) is 5.91 Å². The summed E-state index contributed by atoms with van der Waals surface area (Å²) in [5.74, 6) is 1.96. The van der Waals surface area contributed by atoms with Crippen LogP contribution in [0.25, 0.3) is 0 Å². The summed E-state index contributed by atoms with van der Waals surface area (Å²) in [6, 6.07) is 5.78. The molecule has 1 N–H and O–H groups in total. The first kappa shape index (κ1) is 13.9. The van der Waals surface area contributed by atoms with Gasteiger partial charge in [-0.2, -0.15) is 5.54 Å². The molecule has 0 spiro atoms. The minimum atomic E-state index is -0.629. The van der Waals surface area contributed by atoms with Crippen LogP contribution in [0.3, 0.4) is 0 Å². The van der Waals surface area contributed by atoms with E-state index in [1.54, 1.807) is 6.07 Å². The summed E-state index contributed by atoms with van der Waals surface area (Å²) in [5, 5.41) is 0.570. The smallest absolute Gasteiger partial charge is 0.252 e. The largest absolute Gasteiger partial charge is 0.272 e. The van der Waals surface area contributed by atoms with E-state index in [1.165, 1.54) is 24.8 Å². The Balaban J connectivity index is 1.97. The maximum atomic E-state index is 12.3. The summed E-state index contributed by atoms with van der Waals surface area (Å²) in [5.41, 5.74) is 3.16. The van der Waals surface area contributed by atoms with Gasteiger partial charge in [0.1, 0.15) is 0 Å². The van der Waals surface area contributed by atoms with Crippen molar-refractivity contribution in [1.82, 2.24) is 5.54 Å².